The third-order valence-electron chi connectivity index (χ3n) is 5.06. The second kappa shape index (κ2) is 8.98. The van der Waals surface area contributed by atoms with Gasteiger partial charge in [-0.05, 0) is 44.2 Å². The van der Waals surface area contributed by atoms with Crippen LogP contribution < -0.4 is 9.47 Å². The van der Waals surface area contributed by atoms with Gasteiger partial charge in [-0.1, -0.05) is 23.4 Å². The van der Waals surface area contributed by atoms with Crippen LogP contribution in [0.15, 0.2) is 53.1 Å². The predicted molar refractivity (Wildman–Crippen MR) is 111 cm³/mol. The summed E-state index contributed by atoms with van der Waals surface area (Å²) < 4.78 is 16.6. The van der Waals surface area contributed by atoms with E-state index >= 15 is 0 Å². The first kappa shape index (κ1) is 19.9. The Labute approximate surface area is 175 Å². The van der Waals surface area contributed by atoms with Crippen molar-refractivity contribution in [2.24, 2.45) is 0 Å². The van der Waals surface area contributed by atoms with E-state index in [4.69, 9.17) is 14.0 Å². The summed E-state index contributed by atoms with van der Waals surface area (Å²) in [5.41, 5.74) is 1.84. The van der Waals surface area contributed by atoms with Crippen molar-refractivity contribution < 1.29 is 18.8 Å². The van der Waals surface area contributed by atoms with Gasteiger partial charge in [-0.25, -0.2) is 0 Å². The number of benzene rings is 2. The molecule has 0 bridgehead atoms. The summed E-state index contributed by atoms with van der Waals surface area (Å²) in [6, 6.07) is 15.4. The van der Waals surface area contributed by atoms with E-state index in [1.807, 2.05) is 67.3 Å². The predicted octanol–water partition coefficient (Wildman–Crippen LogP) is 4.05. The molecule has 1 unspecified atom stereocenters. The van der Waals surface area contributed by atoms with E-state index in [0.717, 1.165) is 22.6 Å². The van der Waals surface area contributed by atoms with Gasteiger partial charge in [0.2, 0.25) is 17.6 Å². The van der Waals surface area contributed by atoms with E-state index in [1.165, 1.54) is 0 Å². The lowest BCUT2D eigenvalue weighted by Crippen LogP contribution is -2.24. The van der Waals surface area contributed by atoms with Gasteiger partial charge in [0.15, 0.2) is 0 Å². The highest BCUT2D eigenvalue weighted by molar-refractivity contribution is 5.79. The van der Waals surface area contributed by atoms with Crippen molar-refractivity contribution >= 4 is 5.91 Å². The molecule has 156 valence electrons. The summed E-state index contributed by atoms with van der Waals surface area (Å²) in [4.78, 5) is 19.0. The van der Waals surface area contributed by atoms with Gasteiger partial charge in [-0.15, -0.1) is 0 Å². The fourth-order valence-electron chi connectivity index (χ4n) is 3.61. The van der Waals surface area contributed by atoms with Gasteiger partial charge in [0.05, 0.1) is 19.1 Å². The highest BCUT2D eigenvalue weighted by Gasteiger charge is 2.34. The highest BCUT2D eigenvalue weighted by atomic mass is 16.5. The van der Waals surface area contributed by atoms with Crippen LogP contribution in [0.1, 0.15) is 37.6 Å². The molecule has 7 heteroatoms. The Morgan fingerprint density at radius 1 is 1.07 bits per heavy atom. The molecule has 3 aromatic rings. The maximum Gasteiger partial charge on any atom is 0.232 e. The van der Waals surface area contributed by atoms with Crippen LogP contribution in [0.3, 0.4) is 0 Å². The number of ether oxygens (including phenoxy) is 2. The van der Waals surface area contributed by atoms with Gasteiger partial charge in [-0.3, -0.25) is 4.79 Å². The van der Waals surface area contributed by atoms with E-state index in [2.05, 4.69) is 10.1 Å². The first-order valence-electron chi connectivity index (χ1n) is 10.2. The minimum atomic E-state index is -0.110. The minimum absolute atomic E-state index is 0.0760. The number of aromatic nitrogens is 2. The molecule has 1 fully saturated rings. The van der Waals surface area contributed by atoms with E-state index in [-0.39, 0.29) is 11.8 Å². The molecule has 2 heterocycles. The lowest BCUT2D eigenvalue weighted by atomic mass is 10.1. The summed E-state index contributed by atoms with van der Waals surface area (Å²) in [5, 5.41) is 4.10. The molecule has 2 aromatic carbocycles. The molecule has 0 aliphatic carbocycles. The van der Waals surface area contributed by atoms with Crippen LogP contribution in [0.5, 0.6) is 11.5 Å². The van der Waals surface area contributed by atoms with E-state index in [1.54, 1.807) is 0 Å². The van der Waals surface area contributed by atoms with Crippen molar-refractivity contribution in [1.29, 1.82) is 0 Å². The molecule has 1 aliphatic rings. The summed E-state index contributed by atoms with van der Waals surface area (Å²) in [6.07, 6.45) is 0.363. The summed E-state index contributed by atoms with van der Waals surface area (Å²) in [7, 11) is 0. The van der Waals surface area contributed by atoms with E-state index < -0.39 is 0 Å². The zero-order chi connectivity index (χ0) is 20.9. The largest absolute Gasteiger partial charge is 0.494 e. The van der Waals surface area contributed by atoms with Crippen LogP contribution in [0.4, 0.5) is 0 Å². The average Bonchev–Trinajstić information content (AvgIpc) is 3.38. The summed E-state index contributed by atoms with van der Waals surface area (Å²) >= 11 is 0. The zero-order valence-electron chi connectivity index (χ0n) is 17.2. The van der Waals surface area contributed by atoms with Crippen molar-refractivity contribution in [2.45, 2.75) is 32.7 Å². The molecule has 1 saturated heterocycles. The van der Waals surface area contributed by atoms with Crippen molar-refractivity contribution in [3.63, 3.8) is 0 Å². The maximum atomic E-state index is 12.6. The standard InChI is InChI=1S/C23H25N3O4/c1-3-28-19-11-9-16(10-12-19)22-24-23(30-25-22)18-13-21(27)26(15-18)14-17-7-5-6-8-20(17)29-4-2/h5-12,18H,3-4,13-15H2,1-2H3. The Hall–Kier alpha value is -3.35. The van der Waals surface area contributed by atoms with E-state index in [9.17, 15) is 4.79 Å². The SMILES string of the molecule is CCOc1ccc(-c2noc(C3CC(=O)N(Cc4ccccc4OCC)C3)n2)cc1. The van der Waals surface area contributed by atoms with Gasteiger partial charge in [0.1, 0.15) is 11.5 Å². The number of para-hydroxylation sites is 1. The number of nitrogens with zero attached hydrogens (tertiary/aromatic N) is 3. The topological polar surface area (TPSA) is 77.7 Å². The van der Waals surface area contributed by atoms with Crippen molar-refractivity contribution in [3.05, 3.63) is 60.0 Å². The van der Waals surface area contributed by atoms with Crippen molar-refractivity contribution in [2.75, 3.05) is 19.8 Å². The second-order valence-corrected chi connectivity index (χ2v) is 7.13. The van der Waals surface area contributed by atoms with Gasteiger partial charge < -0.3 is 18.9 Å². The number of hydrogen-bond donors (Lipinski definition) is 0. The molecule has 0 spiro atoms. The smallest absolute Gasteiger partial charge is 0.232 e. The molecular formula is C23H25N3O4. The number of hydrogen-bond acceptors (Lipinski definition) is 6. The molecule has 4 rings (SSSR count). The van der Waals surface area contributed by atoms with E-state index in [0.29, 0.717) is 44.4 Å². The van der Waals surface area contributed by atoms with Crippen LogP contribution in [-0.2, 0) is 11.3 Å². The molecule has 0 N–H and O–H groups in total. The van der Waals surface area contributed by atoms with Gasteiger partial charge >= 0.3 is 0 Å². The number of carbonyl (C=O) groups excluding carboxylic acids is 1. The van der Waals surface area contributed by atoms with Crippen LogP contribution in [-0.4, -0.2) is 40.7 Å². The quantitative estimate of drug-likeness (QED) is 0.561. The zero-order valence-corrected chi connectivity index (χ0v) is 17.2. The highest BCUT2D eigenvalue weighted by Crippen LogP contribution is 2.31. The first-order valence-corrected chi connectivity index (χ1v) is 10.2. The van der Waals surface area contributed by atoms with Gasteiger partial charge in [0, 0.05) is 30.6 Å². The second-order valence-electron chi connectivity index (χ2n) is 7.13. The fourth-order valence-corrected chi connectivity index (χ4v) is 3.61. The molecule has 1 atom stereocenters. The Balaban J connectivity index is 1.45. The Kier molecular flexibility index (Phi) is 5.97. The number of amides is 1. The molecule has 1 aliphatic heterocycles. The molecule has 0 saturated carbocycles. The summed E-state index contributed by atoms with van der Waals surface area (Å²) in [6.45, 7) is 6.15. The Morgan fingerprint density at radius 3 is 2.60 bits per heavy atom. The van der Waals surface area contributed by atoms with Crippen molar-refractivity contribution in [3.8, 4) is 22.9 Å². The molecule has 0 radical (unpaired) electrons. The molecular weight excluding hydrogens is 382 g/mol. The van der Waals surface area contributed by atoms with Crippen LogP contribution in [0.2, 0.25) is 0 Å². The third kappa shape index (κ3) is 4.30. The number of rotatable bonds is 8. The molecule has 1 amide bonds. The molecule has 1 aromatic heterocycles. The van der Waals surface area contributed by atoms with Crippen LogP contribution in [0.25, 0.3) is 11.4 Å². The maximum absolute atomic E-state index is 12.6. The number of likely N-dealkylation sites (tertiary alicyclic amines) is 1. The Bertz CT molecular complexity index is 1000. The fraction of sp³-hybridized carbons (Fsp3) is 0.348. The van der Waals surface area contributed by atoms with Crippen molar-refractivity contribution in [1.82, 2.24) is 15.0 Å². The number of carbonyl (C=O) groups is 1. The van der Waals surface area contributed by atoms with Gasteiger partial charge in [-0.2, -0.15) is 4.98 Å². The summed E-state index contributed by atoms with van der Waals surface area (Å²) in [5.74, 6) is 2.59. The monoisotopic (exact) mass is 407 g/mol. The average molecular weight is 407 g/mol. The lowest BCUT2D eigenvalue weighted by molar-refractivity contribution is -0.128. The van der Waals surface area contributed by atoms with Crippen LogP contribution in [0, 0.1) is 0 Å². The molecule has 30 heavy (non-hydrogen) atoms. The third-order valence-corrected chi connectivity index (χ3v) is 5.06. The van der Waals surface area contributed by atoms with Crippen LogP contribution >= 0.6 is 0 Å². The lowest BCUT2D eigenvalue weighted by Gasteiger charge is -2.18. The Morgan fingerprint density at radius 2 is 1.83 bits per heavy atom. The first-order chi connectivity index (χ1) is 14.7. The molecule has 7 nitrogen and oxygen atoms in total. The minimum Gasteiger partial charge on any atom is -0.494 e. The van der Waals surface area contributed by atoms with Gasteiger partial charge in [0.25, 0.3) is 0 Å². The normalized spacial score (nSPS) is 16.1.